The van der Waals surface area contributed by atoms with E-state index in [9.17, 15) is 15.0 Å². The van der Waals surface area contributed by atoms with Crippen LogP contribution < -0.4 is 11.2 Å². The molecule has 5 N–H and O–H groups in total. The highest BCUT2D eigenvalue weighted by atomic mass is 79.9. The third-order valence-electron chi connectivity index (χ3n) is 2.38. The molecule has 2 aromatic rings. The number of nitrogens with two attached hydrogens (primary N) is 1. The van der Waals surface area contributed by atoms with Gasteiger partial charge in [0.2, 0.25) is 11.0 Å². The molecule has 0 aliphatic carbocycles. The van der Waals surface area contributed by atoms with Gasteiger partial charge in [0, 0.05) is 5.56 Å². The molecular formula is C11H9Br2N5O3S. The number of hydrazone groups is 1. The van der Waals surface area contributed by atoms with Crippen molar-refractivity contribution in [1.82, 2.24) is 15.6 Å². The van der Waals surface area contributed by atoms with Gasteiger partial charge in [-0.25, -0.2) is 5.43 Å². The van der Waals surface area contributed by atoms with E-state index in [-0.39, 0.29) is 27.5 Å². The number of aromatic hydroxyl groups is 2. The second kappa shape index (κ2) is 7.03. The fourth-order valence-corrected chi connectivity index (χ4v) is 3.17. The van der Waals surface area contributed by atoms with Crippen molar-refractivity contribution < 1.29 is 15.0 Å². The number of nitrogen functional groups attached to an aromatic ring is 1. The lowest BCUT2D eigenvalue weighted by atomic mass is 10.2. The van der Waals surface area contributed by atoms with Gasteiger partial charge in [0.05, 0.1) is 17.1 Å². The number of carbonyl (C=O) groups excluding carboxylic acids is 1. The molecule has 11 heteroatoms. The van der Waals surface area contributed by atoms with E-state index >= 15 is 0 Å². The van der Waals surface area contributed by atoms with Crippen LogP contribution in [-0.4, -0.2) is 32.5 Å². The van der Waals surface area contributed by atoms with Gasteiger partial charge < -0.3 is 15.9 Å². The normalized spacial score (nSPS) is 11.0. The summed E-state index contributed by atoms with van der Waals surface area (Å²) < 4.78 is 0.494. The van der Waals surface area contributed by atoms with E-state index in [4.69, 9.17) is 5.73 Å². The summed E-state index contributed by atoms with van der Waals surface area (Å²) in [6, 6.07) is 1.45. The maximum absolute atomic E-state index is 11.6. The SMILES string of the molecule is Nc1nnc(CC(=O)NN=Cc2cc(Br)c(O)c(Br)c2O)s1. The average molecular weight is 451 g/mol. The second-order valence-corrected chi connectivity index (χ2v) is 6.70. The van der Waals surface area contributed by atoms with Gasteiger partial charge in [-0.1, -0.05) is 11.3 Å². The molecule has 0 atom stereocenters. The monoisotopic (exact) mass is 449 g/mol. The predicted octanol–water partition coefficient (Wildman–Crippen LogP) is 1.75. The fourth-order valence-electron chi connectivity index (χ4n) is 1.40. The van der Waals surface area contributed by atoms with E-state index in [1.54, 1.807) is 0 Å². The van der Waals surface area contributed by atoms with Crippen LogP contribution in [0.4, 0.5) is 5.13 Å². The van der Waals surface area contributed by atoms with Gasteiger partial charge in [0.25, 0.3) is 0 Å². The van der Waals surface area contributed by atoms with E-state index < -0.39 is 5.91 Å². The zero-order valence-corrected chi connectivity index (χ0v) is 14.7. The summed E-state index contributed by atoms with van der Waals surface area (Å²) in [7, 11) is 0. The maximum atomic E-state index is 11.6. The quantitative estimate of drug-likeness (QED) is 0.414. The third kappa shape index (κ3) is 3.93. The Morgan fingerprint density at radius 3 is 2.77 bits per heavy atom. The highest BCUT2D eigenvalue weighted by Crippen LogP contribution is 2.40. The molecule has 116 valence electrons. The lowest BCUT2D eigenvalue weighted by Crippen LogP contribution is -2.19. The van der Waals surface area contributed by atoms with Crippen LogP contribution in [0.5, 0.6) is 11.5 Å². The van der Waals surface area contributed by atoms with Crippen molar-refractivity contribution in [1.29, 1.82) is 0 Å². The summed E-state index contributed by atoms with van der Waals surface area (Å²) in [6.07, 6.45) is 1.25. The van der Waals surface area contributed by atoms with Gasteiger partial charge in [-0.2, -0.15) is 5.10 Å². The van der Waals surface area contributed by atoms with E-state index in [0.29, 0.717) is 15.0 Å². The number of halogens is 2. The van der Waals surface area contributed by atoms with Crippen LogP contribution >= 0.6 is 43.2 Å². The lowest BCUT2D eigenvalue weighted by Gasteiger charge is -2.06. The first-order valence-electron chi connectivity index (χ1n) is 5.68. The van der Waals surface area contributed by atoms with Gasteiger partial charge in [-0.15, -0.1) is 10.2 Å². The first kappa shape index (κ1) is 16.6. The molecule has 0 unspecified atom stereocenters. The van der Waals surface area contributed by atoms with Gasteiger partial charge in [-0.05, 0) is 37.9 Å². The van der Waals surface area contributed by atoms with Crippen LogP contribution in [0.1, 0.15) is 10.6 Å². The highest BCUT2D eigenvalue weighted by Gasteiger charge is 2.13. The summed E-state index contributed by atoms with van der Waals surface area (Å²) in [4.78, 5) is 11.6. The molecule has 1 aromatic heterocycles. The molecule has 0 bridgehead atoms. The van der Waals surface area contributed by atoms with Crippen LogP contribution in [0.3, 0.4) is 0 Å². The smallest absolute Gasteiger partial charge is 0.247 e. The van der Waals surface area contributed by atoms with Gasteiger partial charge >= 0.3 is 0 Å². The van der Waals surface area contributed by atoms with Crippen molar-refractivity contribution in [3.63, 3.8) is 0 Å². The molecule has 8 nitrogen and oxygen atoms in total. The van der Waals surface area contributed by atoms with Crippen LogP contribution in [0.25, 0.3) is 0 Å². The Kier molecular flexibility index (Phi) is 5.32. The van der Waals surface area contributed by atoms with Gasteiger partial charge in [0.1, 0.15) is 21.0 Å². The van der Waals surface area contributed by atoms with Crippen molar-refractivity contribution >= 4 is 60.5 Å². The van der Waals surface area contributed by atoms with Crippen LogP contribution in [-0.2, 0) is 11.2 Å². The zero-order valence-electron chi connectivity index (χ0n) is 10.7. The number of nitrogens with one attached hydrogen (secondary N) is 1. The van der Waals surface area contributed by atoms with Crippen molar-refractivity contribution in [2.24, 2.45) is 5.10 Å². The number of phenols is 2. The number of hydrogen-bond acceptors (Lipinski definition) is 8. The van der Waals surface area contributed by atoms with Crippen molar-refractivity contribution in [2.75, 3.05) is 5.73 Å². The minimum Gasteiger partial charge on any atom is -0.506 e. The molecular weight excluding hydrogens is 442 g/mol. The minimum absolute atomic E-state index is 0.00115. The number of benzene rings is 1. The number of rotatable bonds is 4. The standard InChI is InChI=1S/C11H9Br2N5O3S/c12-5-1-4(9(20)8(13)10(5)21)3-15-16-6(19)2-7-17-18-11(14)22-7/h1,3,20-21H,2H2,(H2,14,18)(H,16,19). The Labute approximate surface area is 145 Å². The second-order valence-electron chi connectivity index (χ2n) is 3.96. The number of nitrogens with zero attached hydrogens (tertiary/aromatic N) is 3. The first-order chi connectivity index (χ1) is 10.4. The summed E-state index contributed by atoms with van der Waals surface area (Å²) in [5.74, 6) is -0.730. The molecule has 0 saturated heterocycles. The first-order valence-corrected chi connectivity index (χ1v) is 8.08. The number of aromatic nitrogens is 2. The largest absolute Gasteiger partial charge is 0.506 e. The summed E-state index contributed by atoms with van der Waals surface area (Å²) >= 11 is 7.29. The number of anilines is 1. The number of amides is 1. The van der Waals surface area contributed by atoms with E-state index in [0.717, 1.165) is 11.3 Å². The molecule has 0 saturated carbocycles. The molecule has 22 heavy (non-hydrogen) atoms. The summed E-state index contributed by atoms with van der Waals surface area (Å²) in [6.45, 7) is 0. The van der Waals surface area contributed by atoms with Gasteiger partial charge in [-0.3, -0.25) is 4.79 Å². The van der Waals surface area contributed by atoms with Crippen LogP contribution in [0, 0.1) is 0 Å². The molecule has 1 heterocycles. The molecule has 0 aliphatic heterocycles. The zero-order chi connectivity index (χ0) is 16.3. The number of hydrogen-bond donors (Lipinski definition) is 4. The van der Waals surface area contributed by atoms with Crippen LogP contribution in [0.15, 0.2) is 20.1 Å². The maximum Gasteiger partial charge on any atom is 0.247 e. The average Bonchev–Trinajstić information content (AvgIpc) is 2.87. The molecule has 0 radical (unpaired) electrons. The van der Waals surface area contributed by atoms with Gasteiger partial charge in [0.15, 0.2) is 0 Å². The molecule has 0 fully saturated rings. The van der Waals surface area contributed by atoms with E-state index in [1.165, 1.54) is 12.3 Å². The van der Waals surface area contributed by atoms with E-state index in [1.807, 2.05) is 0 Å². The number of carbonyl (C=O) groups is 1. The fraction of sp³-hybridized carbons (Fsp3) is 0.0909. The predicted molar refractivity (Wildman–Crippen MR) is 88.9 cm³/mol. The Hall–Kier alpha value is -1.72. The highest BCUT2D eigenvalue weighted by molar-refractivity contribution is 9.11. The van der Waals surface area contributed by atoms with Crippen molar-refractivity contribution in [3.05, 3.63) is 25.6 Å². The molecule has 2 rings (SSSR count). The Balaban J connectivity index is 2.02. The summed E-state index contributed by atoms with van der Waals surface area (Å²) in [5, 5.41) is 31.3. The molecule has 1 amide bonds. The topological polar surface area (TPSA) is 134 Å². The van der Waals surface area contributed by atoms with Crippen molar-refractivity contribution in [3.8, 4) is 11.5 Å². The number of phenolic OH excluding ortho intramolecular Hbond substituents is 2. The van der Waals surface area contributed by atoms with E-state index in [2.05, 4.69) is 52.6 Å². The Bertz CT molecular complexity index is 750. The Morgan fingerprint density at radius 1 is 1.41 bits per heavy atom. The van der Waals surface area contributed by atoms with Crippen molar-refractivity contribution in [2.45, 2.75) is 6.42 Å². The lowest BCUT2D eigenvalue weighted by molar-refractivity contribution is -0.120. The third-order valence-corrected chi connectivity index (χ3v) is 4.49. The summed E-state index contributed by atoms with van der Waals surface area (Å²) in [5.41, 5.74) is 8.01. The van der Waals surface area contributed by atoms with Crippen LogP contribution in [0.2, 0.25) is 0 Å². The molecule has 0 spiro atoms. The molecule has 0 aliphatic rings. The molecule has 1 aromatic carbocycles. The Morgan fingerprint density at radius 2 is 2.14 bits per heavy atom. The minimum atomic E-state index is -0.399.